The van der Waals surface area contributed by atoms with Gasteiger partial charge in [-0.25, -0.2) is 4.39 Å². The van der Waals surface area contributed by atoms with Crippen LogP contribution in [0, 0.1) is 5.82 Å². The third-order valence-corrected chi connectivity index (χ3v) is 4.62. The van der Waals surface area contributed by atoms with Crippen molar-refractivity contribution in [1.29, 1.82) is 0 Å². The molecule has 1 aromatic rings. The van der Waals surface area contributed by atoms with Crippen LogP contribution in [0.4, 0.5) is 17.6 Å². The summed E-state index contributed by atoms with van der Waals surface area (Å²) in [6.45, 7) is 2.28. The smallest absolute Gasteiger partial charge is 0.433 e. The molecule has 0 amide bonds. The molecular weight excluding hydrogens is 344 g/mol. The van der Waals surface area contributed by atoms with E-state index in [4.69, 9.17) is 16.3 Å². The Morgan fingerprint density at radius 2 is 1.91 bits per heavy atom. The van der Waals surface area contributed by atoms with Crippen molar-refractivity contribution in [2.24, 2.45) is 0 Å². The second kappa shape index (κ2) is 8.84. The molecule has 0 bridgehead atoms. The van der Waals surface area contributed by atoms with Crippen molar-refractivity contribution >= 4 is 22.8 Å². The zero-order chi connectivity index (χ0) is 16.8. The van der Waals surface area contributed by atoms with Gasteiger partial charge in [0.15, 0.2) is 16.5 Å². The Morgan fingerprint density at radius 1 is 1.23 bits per heavy atom. The van der Waals surface area contributed by atoms with E-state index in [0.29, 0.717) is 6.42 Å². The number of rotatable bonds is 8. The molecule has 2 nitrogen and oxygen atoms in total. The topological polar surface area (TPSA) is 32.3 Å². The number of unbranched alkanes of at least 4 members (excludes halogenated alkanes) is 3. The molecular formula is C14H17ClF4O2S. The minimum Gasteiger partial charge on any atom is -0.611 e. The average molecular weight is 361 g/mol. The van der Waals surface area contributed by atoms with Gasteiger partial charge in [-0.15, -0.1) is 0 Å². The highest BCUT2D eigenvalue weighted by atomic mass is 35.5. The molecule has 22 heavy (non-hydrogen) atoms. The zero-order valence-electron chi connectivity index (χ0n) is 12.0. The van der Waals surface area contributed by atoms with Crippen molar-refractivity contribution in [3.05, 3.63) is 23.0 Å². The fraction of sp³-hybridized carbons (Fsp3) is 0.571. The van der Waals surface area contributed by atoms with Gasteiger partial charge in [0.2, 0.25) is 5.75 Å². The predicted octanol–water partition coefficient (Wildman–Crippen LogP) is 5.11. The van der Waals surface area contributed by atoms with Crippen LogP contribution in [0.15, 0.2) is 17.0 Å². The Balaban J connectivity index is 2.76. The minimum atomic E-state index is -4.59. The molecule has 0 aromatic heterocycles. The van der Waals surface area contributed by atoms with Crippen LogP contribution in [0.3, 0.4) is 0 Å². The van der Waals surface area contributed by atoms with Gasteiger partial charge in [0.25, 0.3) is 0 Å². The van der Waals surface area contributed by atoms with Gasteiger partial charge in [-0.3, -0.25) is 0 Å². The Bertz CT molecular complexity index is 483. The molecule has 0 aliphatic rings. The van der Waals surface area contributed by atoms with Crippen molar-refractivity contribution in [3.8, 4) is 5.75 Å². The summed E-state index contributed by atoms with van der Waals surface area (Å²) in [5.74, 6) is -2.55. The van der Waals surface area contributed by atoms with Crippen LogP contribution in [0.2, 0.25) is 5.02 Å². The first-order valence-corrected chi connectivity index (χ1v) is 8.51. The first-order valence-electron chi connectivity index (χ1n) is 6.81. The third-order valence-electron chi connectivity index (χ3n) is 2.78. The van der Waals surface area contributed by atoms with Crippen LogP contribution >= 0.6 is 11.6 Å². The van der Waals surface area contributed by atoms with Crippen LogP contribution in [0.5, 0.6) is 5.75 Å². The normalized spacial score (nSPS) is 13.2. The highest BCUT2D eigenvalue weighted by Crippen LogP contribution is 2.32. The van der Waals surface area contributed by atoms with E-state index >= 15 is 0 Å². The third kappa shape index (κ3) is 6.62. The molecule has 0 aliphatic carbocycles. The summed E-state index contributed by atoms with van der Waals surface area (Å²) in [6.07, 6.45) is -0.914. The quantitative estimate of drug-likeness (QED) is 0.366. The number of hydrogen-bond donors (Lipinski definition) is 0. The number of halogens is 5. The largest absolute Gasteiger partial charge is 0.611 e. The lowest BCUT2D eigenvalue weighted by Crippen LogP contribution is -2.23. The van der Waals surface area contributed by atoms with Crippen molar-refractivity contribution in [1.82, 2.24) is 0 Å². The van der Waals surface area contributed by atoms with Gasteiger partial charge in [-0.05, 0) is 17.6 Å². The minimum absolute atomic E-state index is 0.230. The SMILES string of the molecule is CCCCCCOc1cc([S+]([O-])CC(F)(F)F)c(Cl)cc1F. The molecule has 0 saturated carbocycles. The average Bonchev–Trinajstić information content (AvgIpc) is 2.38. The van der Waals surface area contributed by atoms with Crippen LogP contribution in [0.25, 0.3) is 0 Å². The Morgan fingerprint density at radius 3 is 2.50 bits per heavy atom. The van der Waals surface area contributed by atoms with Gasteiger partial charge in [0.05, 0.1) is 11.6 Å². The van der Waals surface area contributed by atoms with E-state index in [2.05, 4.69) is 0 Å². The summed E-state index contributed by atoms with van der Waals surface area (Å²) < 4.78 is 67.4. The molecule has 0 N–H and O–H groups in total. The first-order chi connectivity index (χ1) is 10.2. The molecule has 1 rings (SSSR count). The van der Waals surface area contributed by atoms with E-state index in [1.54, 1.807) is 0 Å². The highest BCUT2D eigenvalue weighted by Gasteiger charge is 2.36. The number of ether oxygens (including phenoxy) is 1. The molecule has 0 radical (unpaired) electrons. The number of alkyl halides is 3. The van der Waals surface area contributed by atoms with Gasteiger partial charge in [-0.2, -0.15) is 13.2 Å². The molecule has 0 fully saturated rings. The summed E-state index contributed by atoms with van der Waals surface area (Å²) in [5, 5.41) is -0.307. The number of hydrogen-bond acceptors (Lipinski definition) is 2. The van der Waals surface area contributed by atoms with E-state index in [9.17, 15) is 22.1 Å². The molecule has 0 heterocycles. The molecule has 126 valence electrons. The summed E-state index contributed by atoms with van der Waals surface area (Å²) in [5.41, 5.74) is 0. The van der Waals surface area contributed by atoms with Crippen molar-refractivity contribution in [2.75, 3.05) is 12.4 Å². The Hall–Kier alpha value is -0.660. The maximum Gasteiger partial charge on any atom is 0.433 e. The van der Waals surface area contributed by atoms with Crippen LogP contribution in [-0.2, 0) is 11.2 Å². The van der Waals surface area contributed by atoms with E-state index in [1.165, 1.54) is 0 Å². The van der Waals surface area contributed by atoms with Gasteiger partial charge < -0.3 is 9.29 Å². The number of benzene rings is 1. The maximum absolute atomic E-state index is 13.7. The van der Waals surface area contributed by atoms with Crippen molar-refractivity contribution in [3.63, 3.8) is 0 Å². The van der Waals surface area contributed by atoms with Gasteiger partial charge in [-0.1, -0.05) is 37.8 Å². The summed E-state index contributed by atoms with van der Waals surface area (Å²) in [4.78, 5) is -0.274. The van der Waals surface area contributed by atoms with Crippen LogP contribution in [-0.4, -0.2) is 23.1 Å². The highest BCUT2D eigenvalue weighted by molar-refractivity contribution is 7.91. The van der Waals surface area contributed by atoms with Crippen LogP contribution < -0.4 is 4.74 Å². The monoisotopic (exact) mass is 360 g/mol. The van der Waals surface area contributed by atoms with Gasteiger partial charge in [0, 0.05) is 12.1 Å². The van der Waals surface area contributed by atoms with E-state index in [1.807, 2.05) is 6.92 Å². The molecule has 0 spiro atoms. The molecule has 0 aliphatic heterocycles. The summed E-state index contributed by atoms with van der Waals surface area (Å²) in [6, 6.07) is 1.81. The fourth-order valence-corrected chi connectivity index (χ4v) is 3.11. The van der Waals surface area contributed by atoms with E-state index < -0.39 is 28.9 Å². The second-order valence-electron chi connectivity index (χ2n) is 4.73. The lowest BCUT2D eigenvalue weighted by atomic mass is 10.2. The Kier molecular flexibility index (Phi) is 7.79. The molecule has 0 saturated heterocycles. The van der Waals surface area contributed by atoms with Gasteiger partial charge in [0.1, 0.15) is 0 Å². The zero-order valence-corrected chi connectivity index (χ0v) is 13.6. The first kappa shape index (κ1) is 19.4. The predicted molar refractivity (Wildman–Crippen MR) is 78.4 cm³/mol. The molecule has 8 heteroatoms. The standard InChI is InChI=1S/C14H17ClF4O2S/c1-2-3-4-5-6-21-12-8-13(10(15)7-11(12)16)22(20)9-14(17,18)19/h7-8H,2-6,9H2,1H3. The van der Waals surface area contributed by atoms with Crippen molar-refractivity contribution in [2.45, 2.75) is 43.7 Å². The lowest BCUT2D eigenvalue weighted by Gasteiger charge is -2.15. The van der Waals surface area contributed by atoms with Crippen LogP contribution in [0.1, 0.15) is 32.6 Å². The summed E-state index contributed by atoms with van der Waals surface area (Å²) in [7, 11) is 0. The molecule has 1 atom stereocenters. The van der Waals surface area contributed by atoms with Gasteiger partial charge >= 0.3 is 6.18 Å². The van der Waals surface area contributed by atoms with E-state index in [0.717, 1.165) is 31.4 Å². The van der Waals surface area contributed by atoms with Crippen molar-refractivity contribution < 1.29 is 26.9 Å². The fourth-order valence-electron chi connectivity index (χ4n) is 1.73. The summed E-state index contributed by atoms with van der Waals surface area (Å²) >= 11 is 3.27. The lowest BCUT2D eigenvalue weighted by molar-refractivity contribution is -0.106. The maximum atomic E-state index is 13.7. The molecule has 1 unspecified atom stereocenters. The Labute approximate surface area is 135 Å². The van der Waals surface area contributed by atoms with E-state index in [-0.39, 0.29) is 22.3 Å². The molecule has 1 aromatic carbocycles. The second-order valence-corrected chi connectivity index (χ2v) is 6.55.